The van der Waals surface area contributed by atoms with Crippen LogP contribution >= 0.6 is 0 Å². The molecule has 4 aliphatic rings. The lowest BCUT2D eigenvalue weighted by atomic mass is 9.79. The Kier molecular flexibility index (Phi) is 5.17. The summed E-state index contributed by atoms with van der Waals surface area (Å²) in [4.78, 5) is 24.5. The van der Waals surface area contributed by atoms with Gasteiger partial charge in [-0.2, -0.15) is 5.10 Å². The molecule has 7 heteroatoms. The minimum absolute atomic E-state index is 0.144. The van der Waals surface area contributed by atoms with Crippen molar-refractivity contribution in [1.29, 1.82) is 0 Å². The van der Waals surface area contributed by atoms with Crippen molar-refractivity contribution in [2.75, 3.05) is 6.61 Å². The number of amides is 1. The molecule has 1 aromatic heterocycles. The Morgan fingerprint density at radius 1 is 1.31 bits per heavy atom. The Balaban J connectivity index is 1.53. The van der Waals surface area contributed by atoms with Crippen molar-refractivity contribution >= 4 is 18.1 Å². The molecule has 1 aromatic rings. The number of rotatable bonds is 8. The lowest BCUT2D eigenvalue weighted by Crippen LogP contribution is -2.44. The van der Waals surface area contributed by atoms with Crippen LogP contribution in [-0.2, 0) is 4.79 Å². The number of ether oxygens (including phenoxy) is 1. The van der Waals surface area contributed by atoms with E-state index < -0.39 is 11.4 Å². The highest BCUT2D eigenvalue weighted by Crippen LogP contribution is 2.58. The first-order valence-corrected chi connectivity index (χ1v) is 10.7. The van der Waals surface area contributed by atoms with Crippen LogP contribution in [0.5, 0.6) is 5.88 Å². The third-order valence-corrected chi connectivity index (χ3v) is 6.98. The van der Waals surface area contributed by atoms with Gasteiger partial charge in [0.2, 0.25) is 5.88 Å². The molecule has 5 atom stereocenters. The van der Waals surface area contributed by atoms with E-state index in [1.54, 1.807) is 26.1 Å². The molecular weight excluding hydrogens is 370 g/mol. The minimum Gasteiger partial charge on any atom is -0.481 e. The van der Waals surface area contributed by atoms with Gasteiger partial charge >= 0.3 is 5.97 Å². The molecule has 4 saturated carbocycles. The zero-order chi connectivity index (χ0) is 20.8. The molecule has 7 nitrogen and oxygen atoms in total. The Morgan fingerprint density at radius 2 is 2.07 bits per heavy atom. The van der Waals surface area contributed by atoms with Gasteiger partial charge in [0.05, 0.1) is 18.2 Å². The third-order valence-electron chi connectivity index (χ3n) is 6.98. The topological polar surface area (TPSA) is 93.5 Å². The number of hydrogen-bond acceptors (Lipinski definition) is 4. The Hall–Kier alpha value is -2.31. The molecule has 4 fully saturated rings. The minimum atomic E-state index is -1.04. The summed E-state index contributed by atoms with van der Waals surface area (Å²) in [5, 5.41) is 16.9. The molecule has 1 amide bonds. The molecule has 2 N–H and O–H groups in total. The molecule has 5 unspecified atom stereocenters. The van der Waals surface area contributed by atoms with Crippen molar-refractivity contribution < 1.29 is 19.4 Å². The van der Waals surface area contributed by atoms with Crippen LogP contribution in [0.1, 0.15) is 63.2 Å². The molecule has 29 heavy (non-hydrogen) atoms. The average Bonchev–Trinajstić information content (AvgIpc) is 3.28. The maximum absolute atomic E-state index is 13.1. The molecule has 0 aromatic carbocycles. The van der Waals surface area contributed by atoms with Gasteiger partial charge in [-0.05, 0) is 75.7 Å². The summed E-state index contributed by atoms with van der Waals surface area (Å²) in [7, 11) is 0. The van der Waals surface area contributed by atoms with Gasteiger partial charge in [-0.3, -0.25) is 9.59 Å². The van der Waals surface area contributed by atoms with E-state index in [-0.39, 0.29) is 11.9 Å². The van der Waals surface area contributed by atoms with Gasteiger partial charge in [-0.1, -0.05) is 6.92 Å². The van der Waals surface area contributed by atoms with Crippen LogP contribution in [0.3, 0.4) is 0 Å². The van der Waals surface area contributed by atoms with Crippen LogP contribution < -0.4 is 10.1 Å². The molecule has 0 radical (unpaired) electrons. The summed E-state index contributed by atoms with van der Waals surface area (Å²) in [5.41, 5.74) is -0.632. The van der Waals surface area contributed by atoms with Gasteiger partial charge in [0.15, 0.2) is 0 Å². The molecule has 158 valence electrons. The van der Waals surface area contributed by atoms with Gasteiger partial charge in [-0.25, -0.2) is 4.68 Å². The number of aromatic nitrogens is 2. The second-order valence-electron chi connectivity index (χ2n) is 9.49. The molecule has 0 spiro atoms. The molecule has 1 heterocycles. The SMILES string of the molecule is CCCOc1c(C(=O)NC2C3CC4CC(C3)C2C4)cnn1/C=C/C(C)(C)C(=O)O. The van der Waals surface area contributed by atoms with Crippen LogP contribution in [-0.4, -0.2) is 39.4 Å². The van der Waals surface area contributed by atoms with E-state index in [1.165, 1.54) is 36.6 Å². The summed E-state index contributed by atoms with van der Waals surface area (Å²) < 4.78 is 7.29. The monoisotopic (exact) mass is 401 g/mol. The predicted octanol–water partition coefficient (Wildman–Crippen LogP) is 3.42. The van der Waals surface area contributed by atoms with Crippen LogP contribution in [0.2, 0.25) is 0 Å². The molecule has 4 aliphatic carbocycles. The first-order chi connectivity index (χ1) is 13.8. The maximum Gasteiger partial charge on any atom is 0.312 e. The van der Waals surface area contributed by atoms with Gasteiger partial charge in [0.25, 0.3) is 5.91 Å². The third kappa shape index (κ3) is 3.67. The van der Waals surface area contributed by atoms with Crippen molar-refractivity contribution in [3.05, 3.63) is 17.8 Å². The smallest absolute Gasteiger partial charge is 0.312 e. The zero-order valence-electron chi connectivity index (χ0n) is 17.4. The first kappa shape index (κ1) is 20.0. The Morgan fingerprint density at radius 3 is 2.76 bits per heavy atom. The normalized spacial score (nSPS) is 30.2. The maximum atomic E-state index is 13.1. The molecular formula is C22H31N3O4. The van der Waals surface area contributed by atoms with E-state index in [0.717, 1.165) is 18.3 Å². The number of nitrogens with zero attached hydrogens (tertiary/aromatic N) is 2. The fraction of sp³-hybridized carbons (Fsp3) is 0.682. The van der Waals surface area contributed by atoms with Crippen molar-refractivity contribution in [2.24, 2.45) is 29.1 Å². The van der Waals surface area contributed by atoms with E-state index >= 15 is 0 Å². The fourth-order valence-electron chi connectivity index (χ4n) is 5.47. The number of nitrogens with one attached hydrogen (secondary N) is 1. The van der Waals surface area contributed by atoms with E-state index in [2.05, 4.69) is 10.4 Å². The Bertz CT molecular complexity index is 824. The van der Waals surface area contributed by atoms with Crippen LogP contribution in [0.25, 0.3) is 6.20 Å². The van der Waals surface area contributed by atoms with Crippen LogP contribution in [0.4, 0.5) is 0 Å². The van der Waals surface area contributed by atoms with Crippen molar-refractivity contribution in [2.45, 2.75) is 58.9 Å². The Labute approximate surface area is 171 Å². The number of hydrogen-bond donors (Lipinski definition) is 2. The lowest BCUT2D eigenvalue weighted by Gasteiger charge is -2.32. The van der Waals surface area contributed by atoms with Crippen LogP contribution in [0, 0.1) is 29.1 Å². The van der Waals surface area contributed by atoms with Crippen LogP contribution in [0.15, 0.2) is 12.3 Å². The largest absolute Gasteiger partial charge is 0.481 e. The number of carbonyl (C=O) groups is 2. The summed E-state index contributed by atoms with van der Waals surface area (Å²) in [6.45, 7) is 5.68. The summed E-state index contributed by atoms with van der Waals surface area (Å²) in [6.07, 6.45) is 10.5. The van der Waals surface area contributed by atoms with Gasteiger partial charge in [0.1, 0.15) is 5.56 Å². The summed E-state index contributed by atoms with van der Waals surface area (Å²) in [5.74, 6) is 2.17. The highest BCUT2D eigenvalue weighted by Gasteiger charge is 2.54. The molecule has 0 saturated heterocycles. The molecule has 4 bridgehead atoms. The van der Waals surface area contributed by atoms with E-state index in [1.807, 2.05) is 6.92 Å². The lowest BCUT2D eigenvalue weighted by molar-refractivity contribution is -0.144. The van der Waals surface area contributed by atoms with E-state index in [4.69, 9.17) is 4.74 Å². The predicted molar refractivity (Wildman–Crippen MR) is 108 cm³/mol. The summed E-state index contributed by atoms with van der Waals surface area (Å²) >= 11 is 0. The standard InChI is InChI=1S/C22H31N3O4/c1-4-7-29-20-17(12-23-25(20)6-5-22(2,3)21(27)28)19(26)24-18-15-9-13-8-14(11-15)16(18)10-13/h5-6,12-16,18H,4,7-11H2,1-3H3,(H,24,26)(H,27,28)/b6-5+. The van der Waals surface area contributed by atoms with E-state index in [9.17, 15) is 14.7 Å². The van der Waals surface area contributed by atoms with Crippen molar-refractivity contribution in [3.8, 4) is 5.88 Å². The second-order valence-corrected chi connectivity index (χ2v) is 9.49. The quantitative estimate of drug-likeness (QED) is 0.696. The van der Waals surface area contributed by atoms with E-state index in [0.29, 0.717) is 29.9 Å². The zero-order valence-corrected chi connectivity index (χ0v) is 17.4. The average molecular weight is 402 g/mol. The summed E-state index contributed by atoms with van der Waals surface area (Å²) in [6, 6.07) is 0.259. The van der Waals surface area contributed by atoms with Gasteiger partial charge < -0.3 is 15.2 Å². The first-order valence-electron chi connectivity index (χ1n) is 10.7. The van der Waals surface area contributed by atoms with Gasteiger partial charge in [-0.15, -0.1) is 0 Å². The highest BCUT2D eigenvalue weighted by atomic mass is 16.5. The molecule has 5 rings (SSSR count). The van der Waals surface area contributed by atoms with Crippen molar-refractivity contribution in [1.82, 2.24) is 15.1 Å². The number of carboxylic acids is 1. The highest BCUT2D eigenvalue weighted by molar-refractivity contribution is 5.96. The fourth-order valence-corrected chi connectivity index (χ4v) is 5.47. The number of aliphatic carboxylic acids is 1. The van der Waals surface area contributed by atoms with Crippen molar-refractivity contribution in [3.63, 3.8) is 0 Å². The molecule has 0 aliphatic heterocycles. The van der Waals surface area contributed by atoms with Gasteiger partial charge in [0, 0.05) is 12.2 Å². The second kappa shape index (κ2) is 7.50. The number of carbonyl (C=O) groups excluding carboxylic acids is 1. The number of carboxylic acid groups (broad SMARTS) is 1.